The van der Waals surface area contributed by atoms with Crippen LogP contribution in [0.25, 0.3) is 0 Å². The molecule has 1 heterocycles. The molecule has 0 fully saturated rings. The number of rotatable bonds is 6. The minimum atomic E-state index is -3.82. The molecule has 0 amide bonds. The van der Waals surface area contributed by atoms with Crippen LogP contribution in [0.15, 0.2) is 53.4 Å². The summed E-state index contributed by atoms with van der Waals surface area (Å²) in [5.74, 6) is 0.744. The number of aryl methyl sites for hydroxylation is 3. The molecule has 146 valence electrons. The van der Waals surface area contributed by atoms with Gasteiger partial charge in [-0.3, -0.25) is 4.72 Å². The number of hydrogen-bond donors (Lipinski definition) is 2. The second-order valence-corrected chi connectivity index (χ2v) is 8.09. The Morgan fingerprint density at radius 2 is 1.57 bits per heavy atom. The van der Waals surface area contributed by atoms with Gasteiger partial charge < -0.3 is 10.1 Å². The van der Waals surface area contributed by atoms with E-state index in [1.165, 1.54) is 7.11 Å². The van der Waals surface area contributed by atoms with Gasteiger partial charge in [0.2, 0.25) is 5.95 Å². The molecule has 2 N–H and O–H groups in total. The average Bonchev–Trinajstić information content (AvgIpc) is 2.60. The van der Waals surface area contributed by atoms with Crippen LogP contribution in [-0.2, 0) is 10.0 Å². The zero-order chi connectivity index (χ0) is 20.3. The monoisotopic (exact) mass is 398 g/mol. The third-order valence-electron chi connectivity index (χ3n) is 3.96. The molecule has 1 aromatic heterocycles. The molecule has 0 spiro atoms. The Hall–Kier alpha value is -3.13. The molecule has 0 saturated heterocycles. The first kappa shape index (κ1) is 19.6. The van der Waals surface area contributed by atoms with Crippen molar-refractivity contribution in [1.82, 2.24) is 9.97 Å². The molecule has 0 aliphatic heterocycles. The van der Waals surface area contributed by atoms with E-state index in [4.69, 9.17) is 4.74 Å². The molecule has 0 radical (unpaired) electrons. The predicted octanol–water partition coefficient (Wildman–Crippen LogP) is 3.95. The fraction of sp³-hybridized carbons (Fsp3) is 0.200. The summed E-state index contributed by atoms with van der Waals surface area (Å²) in [4.78, 5) is 8.76. The van der Waals surface area contributed by atoms with Crippen LogP contribution >= 0.6 is 0 Å². The molecule has 0 atom stereocenters. The van der Waals surface area contributed by atoms with Crippen molar-refractivity contribution in [3.63, 3.8) is 0 Å². The lowest BCUT2D eigenvalue weighted by molar-refractivity contribution is 0.402. The number of nitrogens with zero attached hydrogens (tertiary/aromatic N) is 2. The quantitative estimate of drug-likeness (QED) is 0.653. The van der Waals surface area contributed by atoms with Crippen LogP contribution in [0.1, 0.15) is 17.0 Å². The summed E-state index contributed by atoms with van der Waals surface area (Å²) in [6.45, 7) is 5.60. The van der Waals surface area contributed by atoms with Crippen molar-refractivity contribution in [1.29, 1.82) is 0 Å². The Bertz CT molecular complexity index is 1090. The zero-order valence-electron chi connectivity index (χ0n) is 16.1. The normalized spacial score (nSPS) is 11.1. The van der Waals surface area contributed by atoms with Gasteiger partial charge in [0.05, 0.1) is 12.8 Å². The maximum atomic E-state index is 12.9. The van der Waals surface area contributed by atoms with Gasteiger partial charge in [0.15, 0.2) is 0 Å². The van der Waals surface area contributed by atoms with Gasteiger partial charge in [0.1, 0.15) is 10.6 Å². The lowest BCUT2D eigenvalue weighted by Crippen LogP contribution is -2.14. The van der Waals surface area contributed by atoms with Gasteiger partial charge in [-0.2, -0.15) is 0 Å². The van der Waals surface area contributed by atoms with E-state index in [0.29, 0.717) is 17.3 Å². The van der Waals surface area contributed by atoms with Crippen LogP contribution in [0.3, 0.4) is 0 Å². The molecule has 0 saturated carbocycles. The van der Waals surface area contributed by atoms with Crippen LogP contribution in [0.5, 0.6) is 5.75 Å². The fourth-order valence-corrected chi connectivity index (χ4v) is 4.08. The molecular weight excluding hydrogens is 376 g/mol. The number of anilines is 3. The van der Waals surface area contributed by atoms with Crippen LogP contribution in [0.2, 0.25) is 0 Å². The Balaban J connectivity index is 1.87. The highest BCUT2D eigenvalue weighted by Gasteiger charge is 2.20. The largest absolute Gasteiger partial charge is 0.495 e. The second kappa shape index (κ2) is 7.85. The van der Waals surface area contributed by atoms with E-state index >= 15 is 0 Å². The standard InChI is InChI=1S/C20H22N4O3S/c1-13-8-9-18(27-4)19(10-13)28(25,26)24-17-7-5-6-16(12-17)23-20-21-14(2)11-15(3)22-20/h5-12,24H,1-4H3,(H,21,22,23). The molecule has 0 aliphatic carbocycles. The van der Waals surface area contributed by atoms with Crippen molar-refractivity contribution in [2.24, 2.45) is 0 Å². The van der Waals surface area contributed by atoms with Crippen molar-refractivity contribution >= 4 is 27.3 Å². The minimum Gasteiger partial charge on any atom is -0.495 e. The molecule has 0 aliphatic rings. The molecule has 28 heavy (non-hydrogen) atoms. The Morgan fingerprint density at radius 1 is 0.893 bits per heavy atom. The van der Waals surface area contributed by atoms with Crippen LogP contribution in [-0.4, -0.2) is 25.5 Å². The van der Waals surface area contributed by atoms with E-state index in [1.54, 1.807) is 36.4 Å². The summed E-state index contributed by atoms with van der Waals surface area (Å²) in [6, 6.07) is 13.8. The maximum absolute atomic E-state index is 12.9. The smallest absolute Gasteiger partial charge is 0.265 e. The summed E-state index contributed by atoms with van der Waals surface area (Å²) in [6.07, 6.45) is 0. The van der Waals surface area contributed by atoms with E-state index in [2.05, 4.69) is 20.0 Å². The van der Waals surface area contributed by atoms with Crippen molar-refractivity contribution in [2.45, 2.75) is 25.7 Å². The molecule has 0 unspecified atom stereocenters. The summed E-state index contributed by atoms with van der Waals surface area (Å²) in [5, 5.41) is 3.10. The van der Waals surface area contributed by atoms with Crippen molar-refractivity contribution < 1.29 is 13.2 Å². The Kier molecular flexibility index (Phi) is 5.51. The third kappa shape index (κ3) is 4.58. The molecular formula is C20H22N4O3S. The molecule has 2 aromatic carbocycles. The van der Waals surface area contributed by atoms with E-state index in [0.717, 1.165) is 17.0 Å². The maximum Gasteiger partial charge on any atom is 0.265 e. The first-order valence-electron chi connectivity index (χ1n) is 8.64. The van der Waals surface area contributed by atoms with Crippen LogP contribution in [0, 0.1) is 20.8 Å². The summed E-state index contributed by atoms with van der Waals surface area (Å²) >= 11 is 0. The molecule has 8 heteroatoms. The molecule has 3 aromatic rings. The van der Waals surface area contributed by atoms with Crippen LogP contribution < -0.4 is 14.8 Å². The number of ether oxygens (including phenoxy) is 1. The van der Waals surface area contributed by atoms with Crippen molar-refractivity contribution in [2.75, 3.05) is 17.1 Å². The fourth-order valence-electron chi connectivity index (χ4n) is 2.78. The number of nitrogens with one attached hydrogen (secondary N) is 2. The zero-order valence-corrected chi connectivity index (χ0v) is 17.0. The van der Waals surface area contributed by atoms with Gasteiger partial charge >= 0.3 is 0 Å². The van der Waals surface area contributed by atoms with Gasteiger partial charge in [0.25, 0.3) is 10.0 Å². The predicted molar refractivity (Wildman–Crippen MR) is 110 cm³/mol. The molecule has 3 rings (SSSR count). The van der Waals surface area contributed by atoms with Gasteiger partial charge in [-0.15, -0.1) is 0 Å². The minimum absolute atomic E-state index is 0.0889. The van der Waals surface area contributed by atoms with E-state index in [9.17, 15) is 8.42 Å². The third-order valence-corrected chi connectivity index (χ3v) is 5.36. The van der Waals surface area contributed by atoms with Gasteiger partial charge in [-0.1, -0.05) is 12.1 Å². The number of hydrogen-bond acceptors (Lipinski definition) is 6. The molecule has 0 bridgehead atoms. The summed E-state index contributed by atoms with van der Waals surface area (Å²) in [7, 11) is -2.37. The Morgan fingerprint density at radius 3 is 2.25 bits per heavy atom. The Labute approximate surface area is 164 Å². The van der Waals surface area contributed by atoms with E-state index < -0.39 is 10.0 Å². The average molecular weight is 398 g/mol. The topological polar surface area (TPSA) is 93.2 Å². The molecule has 7 nitrogen and oxygen atoms in total. The van der Waals surface area contributed by atoms with Gasteiger partial charge in [0, 0.05) is 17.1 Å². The summed E-state index contributed by atoms with van der Waals surface area (Å²) < 4.78 is 33.5. The lowest BCUT2D eigenvalue weighted by atomic mass is 10.2. The second-order valence-electron chi connectivity index (χ2n) is 6.44. The SMILES string of the molecule is COc1ccc(C)cc1S(=O)(=O)Nc1cccc(Nc2nc(C)cc(C)n2)c1. The van der Waals surface area contributed by atoms with Gasteiger partial charge in [-0.25, -0.2) is 18.4 Å². The lowest BCUT2D eigenvalue weighted by Gasteiger charge is -2.13. The number of methoxy groups -OCH3 is 1. The van der Waals surface area contributed by atoms with Crippen LogP contribution in [0.4, 0.5) is 17.3 Å². The first-order valence-corrected chi connectivity index (χ1v) is 10.1. The van der Waals surface area contributed by atoms with E-state index in [1.807, 2.05) is 32.9 Å². The summed E-state index contributed by atoms with van der Waals surface area (Å²) in [5.41, 5.74) is 3.60. The van der Waals surface area contributed by atoms with Crippen molar-refractivity contribution in [3.05, 3.63) is 65.5 Å². The highest BCUT2D eigenvalue weighted by molar-refractivity contribution is 7.92. The van der Waals surface area contributed by atoms with E-state index in [-0.39, 0.29) is 10.6 Å². The highest BCUT2D eigenvalue weighted by Crippen LogP contribution is 2.28. The number of benzene rings is 2. The number of aromatic nitrogens is 2. The van der Waals surface area contributed by atoms with Crippen molar-refractivity contribution in [3.8, 4) is 5.75 Å². The van der Waals surface area contributed by atoms with Gasteiger partial charge in [-0.05, 0) is 62.7 Å². The number of sulfonamides is 1. The first-order chi connectivity index (χ1) is 13.3. The highest BCUT2D eigenvalue weighted by atomic mass is 32.2.